The van der Waals surface area contributed by atoms with Crippen molar-refractivity contribution >= 4 is 17.7 Å². The van der Waals surface area contributed by atoms with E-state index in [1.165, 1.54) is 6.07 Å². The molecule has 0 fully saturated rings. The lowest BCUT2D eigenvalue weighted by atomic mass is 10.2. The van der Waals surface area contributed by atoms with Crippen molar-refractivity contribution < 1.29 is 32.6 Å². The van der Waals surface area contributed by atoms with Crippen molar-refractivity contribution in [2.45, 2.75) is 12.8 Å². The smallest absolute Gasteiger partial charge is 0.416 e. The number of nitrogens with zero attached hydrogens (tertiary/aromatic N) is 1. The highest BCUT2D eigenvalue weighted by Gasteiger charge is 2.31. The van der Waals surface area contributed by atoms with Gasteiger partial charge in [0.15, 0.2) is 0 Å². The van der Waals surface area contributed by atoms with E-state index in [9.17, 15) is 22.8 Å². The molecule has 8 heteroatoms. The summed E-state index contributed by atoms with van der Waals surface area (Å²) in [4.78, 5) is 23.8. The molecule has 0 atom stereocenters. The molecule has 0 bridgehead atoms. The van der Waals surface area contributed by atoms with Crippen LogP contribution in [0.5, 0.6) is 0 Å². The Balaban J connectivity index is 2.20. The Bertz CT molecular complexity index is 747. The van der Waals surface area contributed by atoms with Crippen molar-refractivity contribution in [3.63, 3.8) is 0 Å². The van der Waals surface area contributed by atoms with Gasteiger partial charge < -0.3 is 9.84 Å². The Labute approximate surface area is 141 Å². The summed E-state index contributed by atoms with van der Waals surface area (Å²) in [5.74, 6) is -1.38. The number of carbonyl (C=O) groups is 2. The minimum Gasteiger partial charge on any atom is -0.480 e. The summed E-state index contributed by atoms with van der Waals surface area (Å²) in [6, 6.07) is 12.4. The lowest BCUT2D eigenvalue weighted by Crippen LogP contribution is -2.36. The zero-order valence-electron chi connectivity index (χ0n) is 12.9. The van der Waals surface area contributed by atoms with Crippen LogP contribution < -0.4 is 4.90 Å². The SMILES string of the molecule is O=C(O)CN(C(=O)OCc1ccccc1)c1cccc(C(F)(F)F)c1. The zero-order valence-corrected chi connectivity index (χ0v) is 12.9. The molecule has 5 nitrogen and oxygen atoms in total. The van der Waals surface area contributed by atoms with Crippen molar-refractivity contribution in [2.75, 3.05) is 11.4 Å². The molecular formula is C17H14F3NO4. The van der Waals surface area contributed by atoms with Crippen LogP contribution >= 0.6 is 0 Å². The predicted octanol–water partition coefficient (Wildman–Crippen LogP) is 3.93. The quantitative estimate of drug-likeness (QED) is 0.884. The summed E-state index contributed by atoms with van der Waals surface area (Å²) < 4.78 is 43.5. The van der Waals surface area contributed by atoms with Crippen molar-refractivity contribution in [1.82, 2.24) is 0 Å². The molecule has 25 heavy (non-hydrogen) atoms. The number of anilines is 1. The fraction of sp³-hybridized carbons (Fsp3) is 0.176. The molecule has 2 aromatic carbocycles. The summed E-state index contributed by atoms with van der Waals surface area (Å²) in [5, 5.41) is 8.94. The maximum Gasteiger partial charge on any atom is 0.416 e. The Morgan fingerprint density at radius 1 is 1.04 bits per heavy atom. The van der Waals surface area contributed by atoms with Gasteiger partial charge in [-0.1, -0.05) is 36.4 Å². The molecule has 0 unspecified atom stereocenters. The Morgan fingerprint density at radius 3 is 2.32 bits per heavy atom. The normalized spacial score (nSPS) is 11.0. The summed E-state index contributed by atoms with van der Waals surface area (Å²) >= 11 is 0. The van der Waals surface area contributed by atoms with E-state index >= 15 is 0 Å². The molecule has 2 rings (SSSR count). The number of benzene rings is 2. The number of rotatable bonds is 5. The Hall–Kier alpha value is -3.03. The third kappa shape index (κ3) is 5.23. The van der Waals surface area contributed by atoms with Crippen LogP contribution in [0, 0.1) is 0 Å². The van der Waals surface area contributed by atoms with Crippen LogP contribution in [-0.2, 0) is 22.3 Å². The molecule has 0 aliphatic carbocycles. The van der Waals surface area contributed by atoms with Crippen LogP contribution in [0.15, 0.2) is 54.6 Å². The Kier molecular flexibility index (Phi) is 5.63. The largest absolute Gasteiger partial charge is 0.480 e. The fourth-order valence-electron chi connectivity index (χ4n) is 2.04. The predicted molar refractivity (Wildman–Crippen MR) is 83.1 cm³/mol. The molecule has 0 spiro atoms. The lowest BCUT2D eigenvalue weighted by molar-refractivity contribution is -0.137. The van der Waals surface area contributed by atoms with E-state index in [0.29, 0.717) is 16.5 Å². The second-order valence-electron chi connectivity index (χ2n) is 5.07. The molecule has 132 valence electrons. The maximum atomic E-state index is 12.8. The van der Waals surface area contributed by atoms with Gasteiger partial charge in [0.25, 0.3) is 0 Å². The van der Waals surface area contributed by atoms with Crippen LogP contribution in [0.2, 0.25) is 0 Å². The minimum absolute atomic E-state index is 0.130. The lowest BCUT2D eigenvalue weighted by Gasteiger charge is -2.21. The van der Waals surface area contributed by atoms with Gasteiger partial charge >= 0.3 is 18.2 Å². The highest BCUT2D eigenvalue weighted by molar-refractivity contribution is 5.93. The summed E-state index contributed by atoms with van der Waals surface area (Å²) in [5.41, 5.74) is -0.540. The van der Waals surface area contributed by atoms with Gasteiger partial charge in [-0.2, -0.15) is 13.2 Å². The average Bonchev–Trinajstić information content (AvgIpc) is 2.57. The number of carboxylic acid groups (broad SMARTS) is 1. The van der Waals surface area contributed by atoms with Gasteiger partial charge in [0.05, 0.1) is 5.56 Å². The topological polar surface area (TPSA) is 66.8 Å². The first-order chi connectivity index (χ1) is 11.8. The first-order valence-electron chi connectivity index (χ1n) is 7.14. The van der Waals surface area contributed by atoms with Gasteiger partial charge in [-0.05, 0) is 23.8 Å². The molecule has 0 radical (unpaired) electrons. The number of hydrogen-bond donors (Lipinski definition) is 1. The first-order valence-corrected chi connectivity index (χ1v) is 7.14. The fourth-order valence-corrected chi connectivity index (χ4v) is 2.04. The molecule has 1 N–H and O–H groups in total. The van der Waals surface area contributed by atoms with E-state index in [0.717, 1.165) is 12.1 Å². The highest BCUT2D eigenvalue weighted by Crippen LogP contribution is 2.31. The van der Waals surface area contributed by atoms with Gasteiger partial charge in [-0.3, -0.25) is 9.69 Å². The molecule has 0 heterocycles. The zero-order chi connectivity index (χ0) is 18.4. The maximum absolute atomic E-state index is 12.8. The van der Waals surface area contributed by atoms with Gasteiger partial charge in [-0.25, -0.2) is 4.79 Å². The number of halogens is 3. The van der Waals surface area contributed by atoms with E-state index in [-0.39, 0.29) is 12.3 Å². The minimum atomic E-state index is -4.61. The number of carbonyl (C=O) groups excluding carboxylic acids is 1. The van der Waals surface area contributed by atoms with Crippen molar-refractivity contribution in [1.29, 1.82) is 0 Å². The molecule has 0 aliphatic rings. The monoisotopic (exact) mass is 353 g/mol. The molecular weight excluding hydrogens is 339 g/mol. The molecule has 0 saturated heterocycles. The summed E-state index contributed by atoms with van der Waals surface area (Å²) in [6.45, 7) is -0.955. The van der Waals surface area contributed by atoms with Gasteiger partial charge in [0.2, 0.25) is 0 Å². The van der Waals surface area contributed by atoms with Crippen LogP contribution in [0.25, 0.3) is 0 Å². The average molecular weight is 353 g/mol. The van der Waals surface area contributed by atoms with Crippen LogP contribution in [0.4, 0.5) is 23.7 Å². The van der Waals surface area contributed by atoms with Gasteiger partial charge in [-0.15, -0.1) is 0 Å². The number of alkyl halides is 3. The number of hydrogen-bond acceptors (Lipinski definition) is 3. The first kappa shape index (κ1) is 18.3. The second kappa shape index (κ2) is 7.69. The molecule has 0 saturated carbocycles. The third-order valence-corrected chi connectivity index (χ3v) is 3.20. The summed E-state index contributed by atoms with van der Waals surface area (Å²) in [6.07, 6.45) is -5.66. The molecule has 0 aromatic heterocycles. The number of ether oxygens (including phenoxy) is 1. The highest BCUT2D eigenvalue weighted by atomic mass is 19.4. The van der Waals surface area contributed by atoms with Crippen molar-refractivity contribution in [2.24, 2.45) is 0 Å². The number of aliphatic carboxylic acids is 1. The van der Waals surface area contributed by atoms with Crippen molar-refractivity contribution in [3.8, 4) is 0 Å². The number of carboxylic acids is 1. The molecule has 1 amide bonds. The standard InChI is InChI=1S/C17H14F3NO4/c18-17(19,20)13-7-4-8-14(9-13)21(10-15(22)23)16(24)25-11-12-5-2-1-3-6-12/h1-9H,10-11H2,(H,22,23). The number of amides is 1. The van der Waals surface area contributed by atoms with E-state index in [1.807, 2.05) is 0 Å². The van der Waals surface area contributed by atoms with Crippen LogP contribution in [-0.4, -0.2) is 23.7 Å². The van der Waals surface area contributed by atoms with Crippen LogP contribution in [0.1, 0.15) is 11.1 Å². The van der Waals surface area contributed by atoms with Gasteiger partial charge in [0.1, 0.15) is 13.2 Å². The van der Waals surface area contributed by atoms with Crippen molar-refractivity contribution in [3.05, 3.63) is 65.7 Å². The second-order valence-corrected chi connectivity index (χ2v) is 5.07. The van der Waals surface area contributed by atoms with Crippen LogP contribution in [0.3, 0.4) is 0 Å². The van der Waals surface area contributed by atoms with E-state index in [1.54, 1.807) is 30.3 Å². The van der Waals surface area contributed by atoms with Gasteiger partial charge in [0, 0.05) is 5.69 Å². The third-order valence-electron chi connectivity index (χ3n) is 3.20. The van der Waals surface area contributed by atoms with E-state index in [2.05, 4.69) is 0 Å². The Morgan fingerprint density at radius 2 is 1.72 bits per heavy atom. The van der Waals surface area contributed by atoms with E-state index < -0.39 is 30.3 Å². The molecule has 2 aromatic rings. The molecule has 0 aliphatic heterocycles. The van der Waals surface area contributed by atoms with E-state index in [4.69, 9.17) is 9.84 Å². The summed E-state index contributed by atoms with van der Waals surface area (Å²) in [7, 11) is 0.